The van der Waals surface area contributed by atoms with E-state index in [1.165, 1.54) is 0 Å². The van der Waals surface area contributed by atoms with Gasteiger partial charge in [-0.05, 0) is 107 Å². The highest BCUT2D eigenvalue weighted by Gasteiger charge is 2.54. The van der Waals surface area contributed by atoms with E-state index in [0.717, 1.165) is 23.1 Å². The number of ether oxygens (including phenoxy) is 1. The zero-order chi connectivity index (χ0) is 35.1. The third-order valence-electron chi connectivity index (χ3n) is 10.9. The number of benzene rings is 3. The minimum atomic E-state index is -1.25. The van der Waals surface area contributed by atoms with Crippen LogP contribution in [-0.2, 0) is 23.9 Å². The monoisotopic (exact) mass is 652 g/mol. The molecule has 0 aromatic heterocycles. The molecule has 0 radical (unpaired) electrons. The van der Waals surface area contributed by atoms with Gasteiger partial charge in [-0.2, -0.15) is 0 Å². The summed E-state index contributed by atoms with van der Waals surface area (Å²) in [6.07, 6.45) is 2.95. The molecule has 7 atom stereocenters. The SMILES string of the molecule is CCC(CC1(C)CC(C)(CC(CC(C)(CC(CC(C)c2ccccc2)C(C)=O)C(=O)O)c2ccccc2)C(=O)OC1=O)c1ccccc1. The first kappa shape index (κ1) is 36.8. The third kappa shape index (κ3) is 8.69. The van der Waals surface area contributed by atoms with Crippen LogP contribution in [0.3, 0.4) is 0 Å². The normalized spacial score (nSPS) is 23.3. The third-order valence-corrected chi connectivity index (χ3v) is 10.9. The van der Waals surface area contributed by atoms with Crippen LogP contribution in [0.1, 0.15) is 121 Å². The maximum absolute atomic E-state index is 13.6. The topological polar surface area (TPSA) is 97.7 Å². The number of carbonyl (C=O) groups excluding carboxylic acids is 3. The second-order valence-electron chi connectivity index (χ2n) is 15.1. The van der Waals surface area contributed by atoms with Crippen LogP contribution in [-0.4, -0.2) is 28.8 Å². The number of aliphatic carboxylic acids is 1. The number of hydrogen-bond donors (Lipinski definition) is 1. The fraction of sp³-hybridized carbons (Fsp3) is 0.476. The Bertz CT molecular complexity index is 1550. The first-order valence-corrected chi connectivity index (χ1v) is 17.3. The van der Waals surface area contributed by atoms with Crippen molar-refractivity contribution in [3.63, 3.8) is 0 Å². The van der Waals surface area contributed by atoms with E-state index in [0.29, 0.717) is 25.7 Å². The summed E-state index contributed by atoms with van der Waals surface area (Å²) in [7, 11) is 0. The summed E-state index contributed by atoms with van der Waals surface area (Å²) in [6, 6.07) is 29.8. The molecule has 3 aromatic rings. The predicted octanol–water partition coefficient (Wildman–Crippen LogP) is 9.50. The maximum atomic E-state index is 13.6. The lowest BCUT2D eigenvalue weighted by molar-refractivity contribution is -0.186. The molecule has 0 saturated carbocycles. The molecular weight excluding hydrogens is 600 g/mol. The average molecular weight is 653 g/mol. The number of carboxylic acid groups (broad SMARTS) is 1. The molecule has 4 rings (SSSR count). The summed E-state index contributed by atoms with van der Waals surface area (Å²) in [4.78, 5) is 53.2. The van der Waals surface area contributed by atoms with Crippen LogP contribution in [0.25, 0.3) is 0 Å². The second kappa shape index (κ2) is 15.4. The number of ketones is 1. The van der Waals surface area contributed by atoms with Crippen molar-refractivity contribution in [1.82, 2.24) is 0 Å². The van der Waals surface area contributed by atoms with E-state index in [1.54, 1.807) is 13.8 Å². The average Bonchev–Trinajstić information content (AvgIpc) is 3.07. The molecule has 1 saturated heterocycles. The standard InChI is InChI=1S/C42H52O6/c1-7-31(33-19-13-9-14-20-33)24-41(5)28-42(6,39(47)48-38(41)46)27-36(34-21-15-10-16-22-34)26-40(4,37(44)45)25-35(30(3)43)23-29(2)32-17-11-8-12-18-32/h8-22,29,31,35-36H,7,23-28H2,1-6H3,(H,44,45). The highest BCUT2D eigenvalue weighted by molar-refractivity contribution is 5.94. The molecule has 1 N–H and O–H groups in total. The Labute approximate surface area is 286 Å². The fourth-order valence-electron chi connectivity index (χ4n) is 8.07. The number of esters is 2. The van der Waals surface area contributed by atoms with E-state index in [-0.39, 0.29) is 36.4 Å². The molecule has 1 aliphatic heterocycles. The van der Waals surface area contributed by atoms with Crippen molar-refractivity contribution in [3.8, 4) is 0 Å². The summed E-state index contributed by atoms with van der Waals surface area (Å²) < 4.78 is 5.56. The largest absolute Gasteiger partial charge is 0.481 e. The van der Waals surface area contributed by atoms with Crippen molar-refractivity contribution in [2.24, 2.45) is 22.2 Å². The van der Waals surface area contributed by atoms with E-state index in [1.807, 2.05) is 92.7 Å². The molecule has 1 heterocycles. The van der Waals surface area contributed by atoms with Crippen LogP contribution < -0.4 is 0 Å². The van der Waals surface area contributed by atoms with Crippen LogP contribution >= 0.6 is 0 Å². The summed E-state index contributed by atoms with van der Waals surface area (Å²) in [5, 5.41) is 10.7. The summed E-state index contributed by atoms with van der Waals surface area (Å²) in [5.41, 5.74) is 0.00582. The second-order valence-corrected chi connectivity index (χ2v) is 15.1. The van der Waals surface area contributed by atoms with Crippen molar-refractivity contribution in [1.29, 1.82) is 0 Å². The molecule has 0 spiro atoms. The van der Waals surface area contributed by atoms with Gasteiger partial charge >= 0.3 is 17.9 Å². The van der Waals surface area contributed by atoms with Crippen molar-refractivity contribution in [2.45, 2.75) is 104 Å². The van der Waals surface area contributed by atoms with Gasteiger partial charge in [-0.3, -0.25) is 19.2 Å². The zero-order valence-corrected chi connectivity index (χ0v) is 29.4. The summed E-state index contributed by atoms with van der Waals surface area (Å²) >= 11 is 0. The molecule has 6 nitrogen and oxygen atoms in total. The molecule has 7 unspecified atom stereocenters. The predicted molar refractivity (Wildman–Crippen MR) is 188 cm³/mol. The summed E-state index contributed by atoms with van der Waals surface area (Å²) in [6.45, 7) is 11.2. The van der Waals surface area contributed by atoms with Crippen molar-refractivity contribution < 1.29 is 29.0 Å². The molecule has 0 aliphatic carbocycles. The molecule has 6 heteroatoms. The van der Waals surface area contributed by atoms with Crippen LogP contribution in [0, 0.1) is 22.2 Å². The number of carbonyl (C=O) groups is 4. The van der Waals surface area contributed by atoms with Gasteiger partial charge in [0.1, 0.15) is 5.78 Å². The van der Waals surface area contributed by atoms with E-state index in [9.17, 15) is 24.3 Å². The number of rotatable bonds is 16. The van der Waals surface area contributed by atoms with Gasteiger partial charge in [0, 0.05) is 5.92 Å². The molecule has 0 amide bonds. The van der Waals surface area contributed by atoms with Crippen LogP contribution in [0.2, 0.25) is 0 Å². The van der Waals surface area contributed by atoms with E-state index in [4.69, 9.17) is 4.74 Å². The first-order valence-electron chi connectivity index (χ1n) is 17.3. The fourth-order valence-corrected chi connectivity index (χ4v) is 8.07. The molecule has 1 aliphatic rings. The highest BCUT2D eigenvalue weighted by atomic mass is 16.6. The molecule has 3 aromatic carbocycles. The van der Waals surface area contributed by atoms with Crippen LogP contribution in [0.4, 0.5) is 0 Å². The van der Waals surface area contributed by atoms with Gasteiger partial charge in [0.25, 0.3) is 0 Å². The van der Waals surface area contributed by atoms with E-state index in [2.05, 4.69) is 26.0 Å². The molecule has 0 bridgehead atoms. The van der Waals surface area contributed by atoms with Gasteiger partial charge in [-0.1, -0.05) is 105 Å². The Kier molecular flexibility index (Phi) is 11.8. The quantitative estimate of drug-likeness (QED) is 0.122. The molecule has 256 valence electrons. The van der Waals surface area contributed by atoms with Gasteiger partial charge < -0.3 is 9.84 Å². The highest BCUT2D eigenvalue weighted by Crippen LogP contribution is 2.52. The van der Waals surface area contributed by atoms with Gasteiger partial charge in [-0.15, -0.1) is 0 Å². The van der Waals surface area contributed by atoms with E-state index >= 15 is 0 Å². The van der Waals surface area contributed by atoms with Crippen molar-refractivity contribution in [2.75, 3.05) is 0 Å². The lowest BCUT2D eigenvalue weighted by Crippen LogP contribution is -2.49. The Morgan fingerprint density at radius 1 is 0.771 bits per heavy atom. The maximum Gasteiger partial charge on any atom is 0.319 e. The molecular formula is C42H52O6. The minimum Gasteiger partial charge on any atom is -0.481 e. The number of cyclic esters (lactones) is 2. The smallest absolute Gasteiger partial charge is 0.319 e. The van der Waals surface area contributed by atoms with Gasteiger partial charge in [0.05, 0.1) is 16.2 Å². The Morgan fingerprint density at radius 3 is 1.65 bits per heavy atom. The van der Waals surface area contributed by atoms with Crippen LogP contribution in [0.15, 0.2) is 91.0 Å². The zero-order valence-electron chi connectivity index (χ0n) is 29.4. The van der Waals surface area contributed by atoms with Gasteiger partial charge in [0.2, 0.25) is 0 Å². The number of hydrogen-bond acceptors (Lipinski definition) is 5. The molecule has 1 fully saturated rings. The summed E-state index contributed by atoms with van der Waals surface area (Å²) in [5.74, 6) is -2.64. The Balaban J connectivity index is 1.63. The molecule has 48 heavy (non-hydrogen) atoms. The van der Waals surface area contributed by atoms with Crippen LogP contribution in [0.5, 0.6) is 0 Å². The van der Waals surface area contributed by atoms with Crippen molar-refractivity contribution in [3.05, 3.63) is 108 Å². The number of Topliss-reactive ketones (excluding diaryl/α,β-unsaturated/α-hetero) is 1. The Hall–Kier alpha value is -4.06. The lowest BCUT2D eigenvalue weighted by atomic mass is 9.61. The first-order chi connectivity index (χ1) is 22.7. The lowest BCUT2D eigenvalue weighted by Gasteiger charge is -2.44. The minimum absolute atomic E-state index is 0.0255. The van der Waals surface area contributed by atoms with E-state index < -0.39 is 40.1 Å². The van der Waals surface area contributed by atoms with Gasteiger partial charge in [-0.25, -0.2) is 0 Å². The van der Waals surface area contributed by atoms with Crippen molar-refractivity contribution >= 4 is 23.7 Å². The Morgan fingerprint density at radius 2 is 1.21 bits per heavy atom. The number of carboxylic acids is 1. The van der Waals surface area contributed by atoms with Gasteiger partial charge in [0.15, 0.2) is 0 Å².